The Labute approximate surface area is 154 Å². The number of hydrogen-bond donors (Lipinski definition) is 2. The second-order valence-electron chi connectivity index (χ2n) is 7.26. The number of amides is 2. The molecule has 3 N–H and O–H groups in total. The molecule has 5 nitrogen and oxygen atoms in total. The molecule has 146 valence electrons. The molecule has 1 rings (SSSR count). The standard InChI is InChI=1S/C20H39N3O2/c1-2-3-4-5-6-8-14-19(24)23-17-12-9-13-18(23)20(25)22-16-11-7-10-15-21/h18H,2-17,21H2,1H3,(H,22,25)/t18-/m0/s1. The van der Waals surface area contributed by atoms with Gasteiger partial charge >= 0.3 is 0 Å². The minimum Gasteiger partial charge on any atom is -0.354 e. The minimum atomic E-state index is -0.254. The van der Waals surface area contributed by atoms with Gasteiger partial charge in [-0.25, -0.2) is 0 Å². The summed E-state index contributed by atoms with van der Waals surface area (Å²) in [6.07, 6.45) is 13.5. The lowest BCUT2D eigenvalue weighted by atomic mass is 10.00. The number of nitrogens with zero attached hydrogens (tertiary/aromatic N) is 1. The summed E-state index contributed by atoms with van der Waals surface area (Å²) in [4.78, 5) is 26.9. The summed E-state index contributed by atoms with van der Waals surface area (Å²) in [7, 11) is 0. The number of carbonyl (C=O) groups excluding carboxylic acids is 2. The van der Waals surface area contributed by atoms with E-state index in [9.17, 15) is 9.59 Å². The van der Waals surface area contributed by atoms with Crippen molar-refractivity contribution in [2.45, 2.75) is 96.4 Å². The van der Waals surface area contributed by atoms with Crippen LogP contribution in [0.2, 0.25) is 0 Å². The number of unbranched alkanes of at least 4 members (excludes halogenated alkanes) is 7. The maximum Gasteiger partial charge on any atom is 0.242 e. The quantitative estimate of drug-likeness (QED) is 0.499. The molecule has 1 atom stereocenters. The second kappa shape index (κ2) is 14.1. The Kier molecular flexibility index (Phi) is 12.4. The zero-order valence-corrected chi connectivity index (χ0v) is 16.2. The van der Waals surface area contributed by atoms with Crippen molar-refractivity contribution in [3.8, 4) is 0 Å². The fraction of sp³-hybridized carbons (Fsp3) is 0.900. The first-order valence-electron chi connectivity index (χ1n) is 10.5. The van der Waals surface area contributed by atoms with Crippen molar-refractivity contribution in [1.29, 1.82) is 0 Å². The number of rotatable bonds is 13. The third-order valence-corrected chi connectivity index (χ3v) is 5.05. The van der Waals surface area contributed by atoms with Crippen molar-refractivity contribution in [3.05, 3.63) is 0 Å². The molecule has 2 amide bonds. The summed E-state index contributed by atoms with van der Waals surface area (Å²) in [5, 5.41) is 3.01. The molecule has 5 heteroatoms. The number of likely N-dealkylation sites (tertiary alicyclic amines) is 1. The van der Waals surface area contributed by atoms with Crippen LogP contribution in [0.3, 0.4) is 0 Å². The summed E-state index contributed by atoms with van der Waals surface area (Å²) >= 11 is 0. The lowest BCUT2D eigenvalue weighted by molar-refractivity contribution is -0.142. The Morgan fingerprint density at radius 3 is 2.48 bits per heavy atom. The first-order chi connectivity index (χ1) is 12.2. The Morgan fingerprint density at radius 1 is 1.00 bits per heavy atom. The summed E-state index contributed by atoms with van der Waals surface area (Å²) in [5.41, 5.74) is 5.48. The van der Waals surface area contributed by atoms with Crippen LogP contribution in [0.5, 0.6) is 0 Å². The molecule has 0 aromatic rings. The van der Waals surface area contributed by atoms with Gasteiger partial charge in [0.1, 0.15) is 6.04 Å². The van der Waals surface area contributed by atoms with E-state index in [0.29, 0.717) is 19.5 Å². The number of carbonyl (C=O) groups is 2. The molecule has 25 heavy (non-hydrogen) atoms. The highest BCUT2D eigenvalue weighted by Crippen LogP contribution is 2.19. The van der Waals surface area contributed by atoms with Gasteiger partial charge in [0.2, 0.25) is 11.8 Å². The van der Waals surface area contributed by atoms with Gasteiger partial charge in [0.25, 0.3) is 0 Å². The van der Waals surface area contributed by atoms with Crippen LogP contribution in [-0.4, -0.2) is 42.4 Å². The molecule has 0 aromatic carbocycles. The highest BCUT2D eigenvalue weighted by molar-refractivity contribution is 5.87. The van der Waals surface area contributed by atoms with Crippen molar-refractivity contribution in [2.24, 2.45) is 5.73 Å². The lowest BCUT2D eigenvalue weighted by Gasteiger charge is -2.35. The van der Waals surface area contributed by atoms with E-state index in [0.717, 1.165) is 57.9 Å². The Hall–Kier alpha value is -1.10. The minimum absolute atomic E-state index is 0.0312. The van der Waals surface area contributed by atoms with E-state index in [1.165, 1.54) is 25.7 Å². The summed E-state index contributed by atoms with van der Waals surface area (Å²) in [5.74, 6) is 0.196. The van der Waals surface area contributed by atoms with Crippen LogP contribution in [0.4, 0.5) is 0 Å². The molecule has 1 fully saturated rings. The molecule has 0 saturated carbocycles. The van der Waals surface area contributed by atoms with Crippen molar-refractivity contribution < 1.29 is 9.59 Å². The van der Waals surface area contributed by atoms with Crippen molar-refractivity contribution in [1.82, 2.24) is 10.2 Å². The molecular formula is C20H39N3O2. The molecule has 0 spiro atoms. The predicted molar refractivity (Wildman–Crippen MR) is 103 cm³/mol. The zero-order valence-electron chi connectivity index (χ0n) is 16.2. The first-order valence-corrected chi connectivity index (χ1v) is 10.5. The molecule has 1 heterocycles. The lowest BCUT2D eigenvalue weighted by Crippen LogP contribution is -2.52. The zero-order chi connectivity index (χ0) is 18.3. The van der Waals surface area contributed by atoms with Gasteiger partial charge in [0, 0.05) is 19.5 Å². The largest absolute Gasteiger partial charge is 0.354 e. The maximum atomic E-state index is 12.5. The molecule has 1 aliphatic rings. The van der Waals surface area contributed by atoms with E-state index >= 15 is 0 Å². The fourth-order valence-corrected chi connectivity index (χ4v) is 3.48. The van der Waals surface area contributed by atoms with Gasteiger partial charge in [-0.15, -0.1) is 0 Å². The van der Waals surface area contributed by atoms with Gasteiger partial charge in [-0.1, -0.05) is 45.4 Å². The third kappa shape index (κ3) is 9.24. The van der Waals surface area contributed by atoms with Gasteiger partial charge in [-0.05, 0) is 45.1 Å². The van der Waals surface area contributed by atoms with Crippen LogP contribution in [0.25, 0.3) is 0 Å². The molecule has 0 aliphatic carbocycles. The maximum absolute atomic E-state index is 12.5. The van der Waals surface area contributed by atoms with E-state index in [1.54, 1.807) is 0 Å². The van der Waals surface area contributed by atoms with E-state index in [-0.39, 0.29) is 17.9 Å². The van der Waals surface area contributed by atoms with Crippen molar-refractivity contribution in [2.75, 3.05) is 19.6 Å². The number of hydrogen-bond acceptors (Lipinski definition) is 3. The number of piperidine rings is 1. The normalized spacial score (nSPS) is 17.5. The topological polar surface area (TPSA) is 75.4 Å². The fourth-order valence-electron chi connectivity index (χ4n) is 3.48. The van der Waals surface area contributed by atoms with Crippen LogP contribution < -0.4 is 11.1 Å². The van der Waals surface area contributed by atoms with Crippen LogP contribution in [0.15, 0.2) is 0 Å². The Bertz CT molecular complexity index is 374. The number of nitrogens with one attached hydrogen (secondary N) is 1. The van der Waals surface area contributed by atoms with E-state index in [4.69, 9.17) is 5.73 Å². The van der Waals surface area contributed by atoms with E-state index in [2.05, 4.69) is 12.2 Å². The molecule has 0 radical (unpaired) electrons. The predicted octanol–water partition coefficient (Wildman–Crippen LogP) is 3.36. The van der Waals surface area contributed by atoms with E-state index < -0.39 is 0 Å². The van der Waals surface area contributed by atoms with Gasteiger partial charge < -0.3 is 16.0 Å². The monoisotopic (exact) mass is 353 g/mol. The van der Waals surface area contributed by atoms with Gasteiger partial charge in [0.05, 0.1) is 0 Å². The highest BCUT2D eigenvalue weighted by atomic mass is 16.2. The van der Waals surface area contributed by atoms with Crippen LogP contribution in [0, 0.1) is 0 Å². The SMILES string of the molecule is CCCCCCCCC(=O)N1CCCC[C@H]1C(=O)NCCCCCN. The van der Waals surface area contributed by atoms with Crippen molar-refractivity contribution >= 4 is 11.8 Å². The smallest absolute Gasteiger partial charge is 0.242 e. The first kappa shape index (κ1) is 21.9. The summed E-state index contributed by atoms with van der Waals surface area (Å²) in [6, 6.07) is -0.254. The third-order valence-electron chi connectivity index (χ3n) is 5.05. The molecule has 0 unspecified atom stereocenters. The highest BCUT2D eigenvalue weighted by Gasteiger charge is 2.31. The average Bonchev–Trinajstić information content (AvgIpc) is 2.64. The number of nitrogens with two attached hydrogens (primary N) is 1. The average molecular weight is 354 g/mol. The van der Waals surface area contributed by atoms with Crippen molar-refractivity contribution in [3.63, 3.8) is 0 Å². The van der Waals surface area contributed by atoms with Crippen LogP contribution in [-0.2, 0) is 9.59 Å². The van der Waals surface area contributed by atoms with Gasteiger partial charge in [0.15, 0.2) is 0 Å². The Morgan fingerprint density at radius 2 is 1.72 bits per heavy atom. The summed E-state index contributed by atoms with van der Waals surface area (Å²) < 4.78 is 0. The summed E-state index contributed by atoms with van der Waals surface area (Å²) in [6.45, 7) is 4.34. The van der Waals surface area contributed by atoms with Gasteiger partial charge in [-0.2, -0.15) is 0 Å². The Balaban J connectivity index is 2.31. The van der Waals surface area contributed by atoms with Crippen LogP contribution in [0.1, 0.15) is 90.4 Å². The molecular weight excluding hydrogens is 314 g/mol. The van der Waals surface area contributed by atoms with E-state index in [1.807, 2.05) is 4.90 Å². The molecule has 0 bridgehead atoms. The molecule has 1 aliphatic heterocycles. The molecule has 1 saturated heterocycles. The van der Waals surface area contributed by atoms with Gasteiger partial charge in [-0.3, -0.25) is 9.59 Å². The molecule has 0 aromatic heterocycles. The second-order valence-corrected chi connectivity index (χ2v) is 7.26. The van der Waals surface area contributed by atoms with Crippen LogP contribution >= 0.6 is 0 Å².